The number of ether oxygens (including phenoxy) is 1. The van der Waals surface area contributed by atoms with Gasteiger partial charge in [0.2, 0.25) is 5.91 Å². The minimum Gasteiger partial charge on any atom is -0.381 e. The summed E-state index contributed by atoms with van der Waals surface area (Å²) >= 11 is 0. The Morgan fingerprint density at radius 2 is 1.89 bits per heavy atom. The Morgan fingerprint density at radius 3 is 2.61 bits per heavy atom. The molecule has 1 aliphatic rings. The van der Waals surface area contributed by atoms with Gasteiger partial charge in [-0.2, -0.15) is 0 Å². The number of anilines is 1. The highest BCUT2D eigenvalue weighted by Crippen LogP contribution is 2.31. The van der Waals surface area contributed by atoms with Crippen LogP contribution in [0.4, 0.5) is 5.69 Å². The van der Waals surface area contributed by atoms with E-state index in [-0.39, 0.29) is 30.7 Å². The summed E-state index contributed by atoms with van der Waals surface area (Å²) in [5, 5.41) is 3.03. The Kier molecular flexibility index (Phi) is 7.43. The quantitative estimate of drug-likeness (QED) is 0.596. The van der Waals surface area contributed by atoms with Crippen LogP contribution < -0.4 is 11.1 Å². The molecule has 1 amide bonds. The number of aromatic nitrogens is 2. The summed E-state index contributed by atoms with van der Waals surface area (Å²) in [6, 6.07) is 15.6. The molecule has 0 unspecified atom stereocenters. The van der Waals surface area contributed by atoms with Crippen LogP contribution in [-0.4, -0.2) is 35.6 Å². The van der Waals surface area contributed by atoms with Crippen molar-refractivity contribution in [3.63, 3.8) is 0 Å². The Balaban J connectivity index is 0.00000140. The van der Waals surface area contributed by atoms with Gasteiger partial charge in [-0.1, -0.05) is 24.3 Å². The number of fused-ring (bicyclic) bond motifs is 1. The van der Waals surface area contributed by atoms with Crippen LogP contribution >= 0.6 is 24.8 Å². The molecule has 0 saturated carbocycles. The van der Waals surface area contributed by atoms with Gasteiger partial charge >= 0.3 is 0 Å². The van der Waals surface area contributed by atoms with Gasteiger partial charge in [0.1, 0.15) is 5.82 Å². The van der Waals surface area contributed by atoms with Gasteiger partial charge in [0.25, 0.3) is 0 Å². The third-order valence-corrected chi connectivity index (χ3v) is 5.11. The summed E-state index contributed by atoms with van der Waals surface area (Å²) in [5.41, 5.74) is 8.95. The van der Waals surface area contributed by atoms with Crippen molar-refractivity contribution < 1.29 is 9.53 Å². The predicted octanol–water partition coefficient (Wildman–Crippen LogP) is 3.77. The molecule has 0 radical (unpaired) electrons. The van der Waals surface area contributed by atoms with E-state index in [0.717, 1.165) is 28.1 Å². The highest BCUT2D eigenvalue weighted by atomic mass is 35.5. The first-order chi connectivity index (χ1) is 12.7. The van der Waals surface area contributed by atoms with Crippen molar-refractivity contribution in [2.45, 2.75) is 12.8 Å². The molecule has 2 heterocycles. The normalized spacial score (nSPS) is 15.3. The lowest BCUT2D eigenvalue weighted by Gasteiger charge is -2.34. The second kappa shape index (κ2) is 9.39. The van der Waals surface area contributed by atoms with Gasteiger partial charge in [0.15, 0.2) is 0 Å². The first-order valence-electron chi connectivity index (χ1n) is 8.85. The molecular weight excluding hydrogens is 399 g/mol. The predicted molar refractivity (Wildman–Crippen MR) is 116 cm³/mol. The number of amides is 1. The second-order valence-electron chi connectivity index (χ2n) is 6.73. The zero-order valence-electron chi connectivity index (χ0n) is 15.3. The number of nitrogens with zero attached hydrogens (tertiary/aromatic N) is 1. The van der Waals surface area contributed by atoms with E-state index in [0.29, 0.717) is 32.6 Å². The van der Waals surface area contributed by atoms with E-state index >= 15 is 0 Å². The average molecular weight is 423 g/mol. The maximum atomic E-state index is 12.8. The molecule has 1 aromatic heterocycles. The molecule has 4 N–H and O–H groups in total. The molecular formula is C20H24Cl2N4O2. The number of H-pyrrole nitrogens is 1. The lowest BCUT2D eigenvalue weighted by Crippen LogP contribution is -2.46. The van der Waals surface area contributed by atoms with Gasteiger partial charge in [-0.25, -0.2) is 4.98 Å². The Morgan fingerprint density at radius 1 is 1.14 bits per heavy atom. The number of rotatable bonds is 4. The summed E-state index contributed by atoms with van der Waals surface area (Å²) in [6.07, 6.45) is 1.30. The van der Waals surface area contributed by atoms with Crippen molar-refractivity contribution >= 4 is 47.4 Å². The lowest BCUT2D eigenvalue weighted by molar-refractivity contribution is -0.130. The van der Waals surface area contributed by atoms with Crippen LogP contribution in [0.1, 0.15) is 12.8 Å². The number of imidazole rings is 1. The molecule has 0 spiro atoms. The first kappa shape index (κ1) is 22.2. The van der Waals surface area contributed by atoms with E-state index in [2.05, 4.69) is 15.3 Å². The van der Waals surface area contributed by atoms with Crippen LogP contribution in [0.3, 0.4) is 0 Å². The summed E-state index contributed by atoms with van der Waals surface area (Å²) in [4.78, 5) is 20.8. The largest absolute Gasteiger partial charge is 0.381 e. The van der Waals surface area contributed by atoms with Crippen LogP contribution in [-0.2, 0) is 9.53 Å². The van der Waals surface area contributed by atoms with E-state index < -0.39 is 5.41 Å². The maximum Gasteiger partial charge on any atom is 0.232 e. The van der Waals surface area contributed by atoms with Gasteiger partial charge in [-0.3, -0.25) is 4.79 Å². The van der Waals surface area contributed by atoms with Gasteiger partial charge in [0.05, 0.1) is 16.4 Å². The number of nitrogens with two attached hydrogens (primary N) is 1. The van der Waals surface area contributed by atoms with Crippen LogP contribution in [0.15, 0.2) is 48.5 Å². The van der Waals surface area contributed by atoms with Gasteiger partial charge in [-0.15, -0.1) is 24.8 Å². The van der Waals surface area contributed by atoms with Crippen molar-refractivity contribution in [3.8, 4) is 11.4 Å². The minimum absolute atomic E-state index is 0. The molecule has 1 aliphatic heterocycles. The van der Waals surface area contributed by atoms with E-state index in [1.807, 2.05) is 48.5 Å². The SMILES string of the molecule is Cl.Cl.NCC1(C(=O)Nc2cccc(-c3nc4ccccc4[nH]3)c2)CCOCC1. The zero-order valence-corrected chi connectivity index (χ0v) is 16.9. The number of para-hydroxylation sites is 2. The minimum atomic E-state index is -0.548. The van der Waals surface area contributed by atoms with Gasteiger partial charge in [-0.05, 0) is 37.1 Å². The molecule has 1 saturated heterocycles. The molecule has 8 heteroatoms. The highest BCUT2D eigenvalue weighted by Gasteiger charge is 2.38. The fourth-order valence-corrected chi connectivity index (χ4v) is 3.38. The monoisotopic (exact) mass is 422 g/mol. The van der Waals surface area contributed by atoms with E-state index in [1.54, 1.807) is 0 Å². The van der Waals surface area contributed by atoms with Crippen molar-refractivity contribution in [1.29, 1.82) is 0 Å². The fourth-order valence-electron chi connectivity index (χ4n) is 3.38. The standard InChI is InChI=1S/C20H22N4O2.2ClH/c21-13-20(8-10-26-11-9-20)19(25)22-15-5-3-4-14(12-15)18-23-16-6-1-2-7-17(16)24-18;;/h1-7,12H,8-11,13,21H2,(H,22,25)(H,23,24);2*1H. The molecule has 0 bridgehead atoms. The summed E-state index contributed by atoms with van der Waals surface area (Å²) in [7, 11) is 0. The average Bonchev–Trinajstić information content (AvgIpc) is 3.13. The molecule has 6 nitrogen and oxygen atoms in total. The van der Waals surface area contributed by atoms with Crippen molar-refractivity contribution in [2.24, 2.45) is 11.1 Å². The number of hydrogen-bond acceptors (Lipinski definition) is 4. The van der Waals surface area contributed by atoms with Gasteiger partial charge < -0.3 is 20.8 Å². The van der Waals surface area contributed by atoms with Crippen LogP contribution in [0.5, 0.6) is 0 Å². The Labute approximate surface area is 176 Å². The number of hydrogen-bond donors (Lipinski definition) is 3. The lowest BCUT2D eigenvalue weighted by atomic mass is 9.79. The van der Waals surface area contributed by atoms with Crippen LogP contribution in [0.25, 0.3) is 22.4 Å². The van der Waals surface area contributed by atoms with E-state index in [4.69, 9.17) is 10.5 Å². The number of benzene rings is 2. The third kappa shape index (κ3) is 4.31. The smallest absolute Gasteiger partial charge is 0.232 e. The first-order valence-corrected chi connectivity index (χ1v) is 8.85. The summed E-state index contributed by atoms with van der Waals surface area (Å²) < 4.78 is 5.38. The van der Waals surface area contributed by atoms with E-state index in [1.165, 1.54) is 0 Å². The van der Waals surface area contributed by atoms with Crippen molar-refractivity contribution in [1.82, 2.24) is 9.97 Å². The number of nitrogens with one attached hydrogen (secondary N) is 2. The number of carbonyl (C=O) groups is 1. The molecule has 2 aromatic carbocycles. The van der Waals surface area contributed by atoms with Gasteiger partial charge in [0, 0.05) is 31.0 Å². The zero-order chi connectivity index (χ0) is 18.0. The maximum absolute atomic E-state index is 12.8. The highest BCUT2D eigenvalue weighted by molar-refractivity contribution is 5.96. The van der Waals surface area contributed by atoms with Crippen molar-refractivity contribution in [2.75, 3.05) is 25.1 Å². The molecule has 0 atom stereocenters. The molecule has 4 rings (SSSR count). The Bertz CT molecular complexity index is 906. The second-order valence-corrected chi connectivity index (χ2v) is 6.73. The number of aromatic amines is 1. The third-order valence-electron chi connectivity index (χ3n) is 5.11. The number of carbonyl (C=O) groups excluding carboxylic acids is 1. The molecule has 3 aromatic rings. The molecule has 150 valence electrons. The van der Waals surface area contributed by atoms with Crippen LogP contribution in [0.2, 0.25) is 0 Å². The summed E-state index contributed by atoms with van der Waals surface area (Å²) in [6.45, 7) is 1.47. The molecule has 28 heavy (non-hydrogen) atoms. The summed E-state index contributed by atoms with van der Waals surface area (Å²) in [5.74, 6) is 0.743. The molecule has 0 aliphatic carbocycles. The Hall–Kier alpha value is -2.12. The number of halogens is 2. The van der Waals surface area contributed by atoms with Crippen LogP contribution in [0, 0.1) is 5.41 Å². The fraction of sp³-hybridized carbons (Fsp3) is 0.300. The molecule has 1 fully saturated rings. The van der Waals surface area contributed by atoms with Crippen molar-refractivity contribution in [3.05, 3.63) is 48.5 Å². The topological polar surface area (TPSA) is 93.0 Å². The van der Waals surface area contributed by atoms with E-state index in [9.17, 15) is 4.79 Å².